The molecule has 0 saturated carbocycles. The first kappa shape index (κ1) is 25.8. The van der Waals surface area contributed by atoms with Crippen LogP contribution in [-0.2, 0) is 6.54 Å². The SMILES string of the molecule is CCC(NC(=O)c1ccc2c(c1)c(C)cn2Cc1ccc(-c2ccccc2C(=O)N=O)cc1)c1ccccc1. The van der Waals surface area contributed by atoms with Crippen LogP contribution in [0.25, 0.3) is 22.0 Å². The number of rotatable bonds is 8. The lowest BCUT2D eigenvalue weighted by Crippen LogP contribution is -2.28. The number of fused-ring (bicyclic) bond motifs is 1. The van der Waals surface area contributed by atoms with E-state index in [1.165, 1.54) is 0 Å². The molecular weight excluding hydrogens is 486 g/mol. The Hall–Kier alpha value is -4.84. The number of benzene rings is 4. The number of nitrogens with zero attached hydrogens (tertiary/aromatic N) is 2. The largest absolute Gasteiger partial charge is 0.345 e. The van der Waals surface area contributed by atoms with E-state index in [0.717, 1.165) is 39.6 Å². The van der Waals surface area contributed by atoms with Crippen LogP contribution in [0.1, 0.15) is 56.8 Å². The van der Waals surface area contributed by atoms with Gasteiger partial charge in [-0.2, -0.15) is 0 Å². The molecule has 194 valence electrons. The van der Waals surface area contributed by atoms with Crippen LogP contribution in [0.3, 0.4) is 0 Å². The van der Waals surface area contributed by atoms with Crippen LogP contribution in [0, 0.1) is 11.8 Å². The first-order chi connectivity index (χ1) is 19.0. The molecule has 0 aliphatic carbocycles. The third-order valence-corrected chi connectivity index (χ3v) is 7.12. The fourth-order valence-corrected chi connectivity index (χ4v) is 5.05. The van der Waals surface area contributed by atoms with E-state index in [4.69, 9.17) is 0 Å². The van der Waals surface area contributed by atoms with Crippen molar-refractivity contribution in [2.24, 2.45) is 5.18 Å². The fraction of sp³-hybridized carbons (Fsp3) is 0.152. The van der Waals surface area contributed by atoms with Crippen LogP contribution in [0.15, 0.2) is 108 Å². The van der Waals surface area contributed by atoms with Gasteiger partial charge in [0.1, 0.15) is 0 Å². The van der Waals surface area contributed by atoms with Crippen LogP contribution in [-0.4, -0.2) is 16.4 Å². The molecule has 1 unspecified atom stereocenters. The molecule has 1 heterocycles. The maximum absolute atomic E-state index is 13.1. The highest BCUT2D eigenvalue weighted by atomic mass is 16.3. The molecule has 0 bridgehead atoms. The lowest BCUT2D eigenvalue weighted by molar-refractivity contribution is 0.0934. The van der Waals surface area contributed by atoms with E-state index in [2.05, 4.69) is 35.1 Å². The lowest BCUT2D eigenvalue weighted by atomic mass is 9.98. The molecule has 2 amide bonds. The molecule has 6 heteroatoms. The standard InChI is InChI=1S/C33H29N3O3/c1-3-30(25-9-5-4-6-10-25)34-32(37)26-17-18-31-29(19-26)22(2)20-36(31)21-23-13-15-24(16-14-23)27-11-7-8-12-28(27)33(38)35-39/h4-20,30H,3,21H2,1-2H3,(H,34,37). The Bertz CT molecular complexity index is 1650. The molecule has 6 nitrogen and oxygen atoms in total. The summed E-state index contributed by atoms with van der Waals surface area (Å²) in [4.78, 5) is 35.9. The summed E-state index contributed by atoms with van der Waals surface area (Å²) in [5.74, 6) is -0.860. The number of hydrogen-bond donors (Lipinski definition) is 1. The van der Waals surface area contributed by atoms with Crippen molar-refractivity contribution in [2.45, 2.75) is 32.9 Å². The summed E-state index contributed by atoms with van der Waals surface area (Å²) < 4.78 is 2.17. The van der Waals surface area contributed by atoms with Crippen molar-refractivity contribution in [2.75, 3.05) is 0 Å². The Kier molecular flexibility index (Phi) is 7.46. The summed E-state index contributed by atoms with van der Waals surface area (Å²) in [6, 6.07) is 30.7. The maximum atomic E-state index is 13.1. The van der Waals surface area contributed by atoms with Crippen molar-refractivity contribution in [3.8, 4) is 11.1 Å². The fourth-order valence-electron chi connectivity index (χ4n) is 5.05. The highest BCUT2D eigenvalue weighted by Gasteiger charge is 2.16. The van der Waals surface area contributed by atoms with Gasteiger partial charge in [-0.15, -0.1) is 4.91 Å². The van der Waals surface area contributed by atoms with Gasteiger partial charge in [0.05, 0.1) is 11.6 Å². The average Bonchev–Trinajstić information content (AvgIpc) is 3.30. The van der Waals surface area contributed by atoms with Gasteiger partial charge < -0.3 is 9.88 Å². The Morgan fingerprint density at radius 2 is 1.62 bits per heavy atom. The molecule has 39 heavy (non-hydrogen) atoms. The van der Waals surface area contributed by atoms with E-state index in [0.29, 0.717) is 23.2 Å². The molecular formula is C33H29N3O3. The number of nitrogens with one attached hydrogen (secondary N) is 1. The van der Waals surface area contributed by atoms with E-state index in [1.54, 1.807) is 12.1 Å². The van der Waals surface area contributed by atoms with E-state index in [1.807, 2.05) is 84.9 Å². The predicted molar refractivity (Wildman–Crippen MR) is 155 cm³/mol. The van der Waals surface area contributed by atoms with Gasteiger partial charge in [-0.3, -0.25) is 9.59 Å². The monoisotopic (exact) mass is 515 g/mol. The third-order valence-electron chi connectivity index (χ3n) is 7.12. The zero-order valence-corrected chi connectivity index (χ0v) is 21.9. The van der Waals surface area contributed by atoms with Gasteiger partial charge >= 0.3 is 5.91 Å². The van der Waals surface area contributed by atoms with Crippen molar-refractivity contribution in [1.82, 2.24) is 9.88 Å². The molecule has 0 spiro atoms. The van der Waals surface area contributed by atoms with Crippen molar-refractivity contribution >= 4 is 22.7 Å². The maximum Gasteiger partial charge on any atom is 0.317 e. The molecule has 5 aromatic rings. The van der Waals surface area contributed by atoms with E-state index >= 15 is 0 Å². The summed E-state index contributed by atoms with van der Waals surface area (Å²) in [6.07, 6.45) is 2.91. The van der Waals surface area contributed by atoms with Crippen LogP contribution in [0.2, 0.25) is 0 Å². The average molecular weight is 516 g/mol. The van der Waals surface area contributed by atoms with Gasteiger partial charge in [-0.05, 0) is 65.4 Å². The number of aryl methyl sites for hydroxylation is 1. The van der Waals surface area contributed by atoms with Crippen molar-refractivity contribution in [3.05, 3.63) is 136 Å². The lowest BCUT2D eigenvalue weighted by Gasteiger charge is -2.17. The first-order valence-corrected chi connectivity index (χ1v) is 13.0. The number of aromatic nitrogens is 1. The van der Waals surface area contributed by atoms with E-state index in [9.17, 15) is 14.5 Å². The molecule has 1 atom stereocenters. The predicted octanol–water partition coefficient (Wildman–Crippen LogP) is 7.45. The number of carbonyl (C=O) groups excluding carboxylic acids is 2. The van der Waals surface area contributed by atoms with Gasteiger partial charge in [-0.25, -0.2) is 0 Å². The smallest absolute Gasteiger partial charge is 0.317 e. The Morgan fingerprint density at radius 3 is 2.33 bits per heavy atom. The highest BCUT2D eigenvalue weighted by Crippen LogP contribution is 2.27. The molecule has 4 aromatic carbocycles. The van der Waals surface area contributed by atoms with Gasteiger partial charge in [-0.1, -0.05) is 79.7 Å². The molecule has 1 aromatic heterocycles. The normalized spacial score (nSPS) is 11.7. The van der Waals surface area contributed by atoms with Gasteiger partial charge in [0.25, 0.3) is 5.91 Å². The number of nitroso groups, excluding NO2 is 1. The minimum atomic E-state index is -0.776. The third kappa shape index (κ3) is 5.41. The summed E-state index contributed by atoms with van der Waals surface area (Å²) in [7, 11) is 0. The first-order valence-electron chi connectivity index (χ1n) is 13.0. The molecule has 0 aliphatic rings. The summed E-state index contributed by atoms with van der Waals surface area (Å²) in [5, 5.41) is 6.80. The van der Waals surface area contributed by atoms with Crippen molar-refractivity contribution < 1.29 is 9.59 Å². The molecule has 0 aliphatic heterocycles. The Morgan fingerprint density at radius 1 is 0.897 bits per heavy atom. The zero-order valence-electron chi connectivity index (χ0n) is 21.9. The quantitative estimate of drug-likeness (QED) is 0.218. The molecule has 0 fully saturated rings. The summed E-state index contributed by atoms with van der Waals surface area (Å²) in [5.41, 5.74) is 6.79. The second-order valence-electron chi connectivity index (χ2n) is 9.66. The van der Waals surface area contributed by atoms with Crippen molar-refractivity contribution in [1.29, 1.82) is 0 Å². The van der Waals surface area contributed by atoms with E-state index in [-0.39, 0.29) is 11.9 Å². The van der Waals surface area contributed by atoms with Crippen LogP contribution in [0.4, 0.5) is 0 Å². The summed E-state index contributed by atoms with van der Waals surface area (Å²) in [6.45, 7) is 4.77. The molecule has 0 radical (unpaired) electrons. The highest BCUT2D eigenvalue weighted by molar-refractivity contribution is 6.01. The topological polar surface area (TPSA) is 80.5 Å². The zero-order chi connectivity index (χ0) is 27.4. The minimum absolute atomic E-state index is 0.0390. The number of carbonyl (C=O) groups is 2. The second-order valence-corrected chi connectivity index (χ2v) is 9.66. The van der Waals surface area contributed by atoms with E-state index < -0.39 is 5.91 Å². The Balaban J connectivity index is 1.36. The number of hydrogen-bond acceptors (Lipinski definition) is 3. The summed E-state index contributed by atoms with van der Waals surface area (Å²) >= 11 is 0. The molecule has 5 rings (SSSR count). The van der Waals surface area contributed by atoms with Crippen LogP contribution >= 0.6 is 0 Å². The van der Waals surface area contributed by atoms with Crippen LogP contribution < -0.4 is 5.32 Å². The minimum Gasteiger partial charge on any atom is -0.345 e. The van der Waals surface area contributed by atoms with Crippen molar-refractivity contribution in [3.63, 3.8) is 0 Å². The second kappa shape index (κ2) is 11.3. The van der Waals surface area contributed by atoms with Gasteiger partial charge in [0, 0.05) is 34.4 Å². The van der Waals surface area contributed by atoms with Crippen LogP contribution in [0.5, 0.6) is 0 Å². The molecule has 1 N–H and O–H groups in total. The molecule has 0 saturated heterocycles. The van der Waals surface area contributed by atoms with Gasteiger partial charge in [0.15, 0.2) is 0 Å². The number of amides is 2. The van der Waals surface area contributed by atoms with Gasteiger partial charge in [0.2, 0.25) is 0 Å². The Labute approximate surface area is 227 Å².